The number of nitrogens with two attached hydrogens (primary N) is 1. The van der Waals surface area contributed by atoms with Crippen molar-refractivity contribution in [1.29, 1.82) is 5.41 Å². The molecule has 14 heavy (non-hydrogen) atoms. The molecule has 3 nitrogen and oxygen atoms in total. The second-order valence-corrected chi connectivity index (χ2v) is 4.21. The molecule has 4 heteroatoms. The van der Waals surface area contributed by atoms with Crippen LogP contribution in [0.2, 0.25) is 0 Å². The van der Waals surface area contributed by atoms with Gasteiger partial charge in [-0.3, -0.25) is 10.3 Å². The number of nitrogens with zero attached hydrogens (tertiary/aromatic N) is 1. The third-order valence-electron chi connectivity index (χ3n) is 2.29. The minimum Gasteiger partial charge on any atom is -0.386 e. The van der Waals surface area contributed by atoms with Crippen LogP contribution in [0.5, 0.6) is 0 Å². The number of hydrogen-bond donors (Lipinski definition) is 2. The lowest BCUT2D eigenvalue weighted by atomic mass is 10.1. The van der Waals surface area contributed by atoms with Crippen molar-refractivity contribution < 1.29 is 0 Å². The van der Waals surface area contributed by atoms with Crippen molar-refractivity contribution in [3.8, 4) is 0 Å². The lowest BCUT2D eigenvalue weighted by molar-refractivity contribution is 0.281. The normalized spacial score (nSPS) is 13.1. The van der Waals surface area contributed by atoms with Gasteiger partial charge in [0.25, 0.3) is 0 Å². The molecule has 1 aromatic heterocycles. The fraction of sp³-hybridized carbons (Fsp3) is 0.500. The second-order valence-electron chi connectivity index (χ2n) is 3.43. The molecule has 0 aliphatic heterocycles. The van der Waals surface area contributed by atoms with E-state index >= 15 is 0 Å². The van der Waals surface area contributed by atoms with Gasteiger partial charge in [0.05, 0.1) is 6.04 Å². The zero-order valence-corrected chi connectivity index (χ0v) is 9.47. The number of amidine groups is 1. The lowest BCUT2D eigenvalue weighted by Crippen LogP contribution is -2.41. The first-order valence-electron chi connectivity index (χ1n) is 4.70. The Morgan fingerprint density at radius 2 is 2.43 bits per heavy atom. The molecule has 0 radical (unpaired) electrons. The van der Waals surface area contributed by atoms with Crippen molar-refractivity contribution >= 4 is 17.2 Å². The molecular weight excluding hydrogens is 194 g/mol. The summed E-state index contributed by atoms with van der Waals surface area (Å²) in [6.07, 6.45) is 0.885. The molecule has 0 saturated heterocycles. The Balaban J connectivity index is 2.56. The second kappa shape index (κ2) is 5.12. The van der Waals surface area contributed by atoms with Crippen LogP contribution in [0.4, 0.5) is 0 Å². The first-order valence-corrected chi connectivity index (χ1v) is 5.64. The largest absolute Gasteiger partial charge is 0.386 e. The molecule has 0 aliphatic rings. The monoisotopic (exact) mass is 211 g/mol. The highest BCUT2D eigenvalue weighted by atomic mass is 32.1. The molecule has 0 spiro atoms. The predicted octanol–water partition coefficient (Wildman–Crippen LogP) is 1.89. The van der Waals surface area contributed by atoms with E-state index in [-0.39, 0.29) is 11.9 Å². The fourth-order valence-corrected chi connectivity index (χ4v) is 2.21. The van der Waals surface area contributed by atoms with Crippen molar-refractivity contribution in [1.82, 2.24) is 4.90 Å². The van der Waals surface area contributed by atoms with Gasteiger partial charge >= 0.3 is 0 Å². The van der Waals surface area contributed by atoms with Gasteiger partial charge in [-0.15, -0.1) is 0 Å². The minimum atomic E-state index is 0.0647. The molecular formula is C10H17N3S. The molecule has 0 fully saturated rings. The van der Waals surface area contributed by atoms with E-state index < -0.39 is 0 Å². The van der Waals surface area contributed by atoms with Gasteiger partial charge in [-0.25, -0.2) is 0 Å². The van der Waals surface area contributed by atoms with Gasteiger partial charge in [-0.2, -0.15) is 11.3 Å². The Labute approximate surface area is 89.0 Å². The fourth-order valence-electron chi connectivity index (χ4n) is 1.55. The zero-order chi connectivity index (χ0) is 10.6. The third-order valence-corrected chi connectivity index (χ3v) is 3.02. The Kier molecular flexibility index (Phi) is 4.10. The van der Waals surface area contributed by atoms with Crippen LogP contribution in [0.15, 0.2) is 16.8 Å². The first kappa shape index (κ1) is 11.2. The molecule has 78 valence electrons. The van der Waals surface area contributed by atoms with Crippen LogP contribution < -0.4 is 5.73 Å². The number of thiophene rings is 1. The summed E-state index contributed by atoms with van der Waals surface area (Å²) in [5.41, 5.74) is 6.81. The molecule has 1 atom stereocenters. The third kappa shape index (κ3) is 2.82. The quantitative estimate of drug-likeness (QED) is 0.577. The van der Waals surface area contributed by atoms with Crippen molar-refractivity contribution in [2.75, 3.05) is 7.05 Å². The van der Waals surface area contributed by atoms with E-state index in [2.05, 4.69) is 28.7 Å². The van der Waals surface area contributed by atoms with Crippen molar-refractivity contribution in [3.05, 3.63) is 22.4 Å². The Morgan fingerprint density at radius 1 is 1.71 bits per heavy atom. The van der Waals surface area contributed by atoms with Gasteiger partial charge in [0.1, 0.15) is 5.84 Å². The summed E-state index contributed by atoms with van der Waals surface area (Å²) >= 11 is 1.70. The molecule has 1 aromatic rings. The molecule has 0 aliphatic carbocycles. The van der Waals surface area contributed by atoms with E-state index in [9.17, 15) is 0 Å². The SMILES string of the molecule is CCC(C(=N)N)N(C)Cc1ccsc1. The molecule has 0 amide bonds. The van der Waals surface area contributed by atoms with Gasteiger partial charge in [-0.1, -0.05) is 6.92 Å². The van der Waals surface area contributed by atoms with Gasteiger partial charge in [0.2, 0.25) is 0 Å². The van der Waals surface area contributed by atoms with E-state index in [1.54, 1.807) is 11.3 Å². The number of rotatable bonds is 5. The molecule has 3 N–H and O–H groups in total. The van der Waals surface area contributed by atoms with Gasteiger partial charge < -0.3 is 5.73 Å². The van der Waals surface area contributed by atoms with E-state index in [1.165, 1.54) is 5.56 Å². The van der Waals surface area contributed by atoms with Crippen molar-refractivity contribution in [3.63, 3.8) is 0 Å². The maximum Gasteiger partial charge on any atom is 0.108 e. The van der Waals surface area contributed by atoms with Crippen LogP contribution in [-0.4, -0.2) is 23.8 Å². The smallest absolute Gasteiger partial charge is 0.108 e. The average Bonchev–Trinajstić information content (AvgIpc) is 2.57. The first-order chi connectivity index (χ1) is 6.65. The lowest BCUT2D eigenvalue weighted by Gasteiger charge is -2.25. The summed E-state index contributed by atoms with van der Waals surface area (Å²) in [4.78, 5) is 2.12. The number of hydrogen-bond acceptors (Lipinski definition) is 3. The summed E-state index contributed by atoms with van der Waals surface area (Å²) in [7, 11) is 2.01. The van der Waals surface area contributed by atoms with Gasteiger partial charge in [0.15, 0.2) is 0 Å². The number of nitrogens with one attached hydrogen (secondary N) is 1. The molecule has 1 unspecified atom stereocenters. The van der Waals surface area contributed by atoms with Crippen LogP contribution in [0, 0.1) is 5.41 Å². The summed E-state index contributed by atoms with van der Waals surface area (Å²) in [6.45, 7) is 2.91. The van der Waals surface area contributed by atoms with E-state index in [0.717, 1.165) is 13.0 Å². The summed E-state index contributed by atoms with van der Waals surface area (Å²) in [5.74, 6) is 0.255. The van der Waals surface area contributed by atoms with E-state index in [4.69, 9.17) is 11.1 Å². The number of likely N-dealkylation sites (N-methyl/N-ethyl adjacent to an activating group) is 1. The molecule has 1 heterocycles. The summed E-state index contributed by atoms with van der Waals surface area (Å²) in [6, 6.07) is 2.17. The predicted molar refractivity (Wildman–Crippen MR) is 61.8 cm³/mol. The Bertz CT molecular complexity index is 282. The zero-order valence-electron chi connectivity index (χ0n) is 8.66. The highest BCUT2D eigenvalue weighted by molar-refractivity contribution is 7.07. The Morgan fingerprint density at radius 3 is 2.86 bits per heavy atom. The highest BCUT2D eigenvalue weighted by Crippen LogP contribution is 2.11. The van der Waals surface area contributed by atoms with Crippen molar-refractivity contribution in [2.24, 2.45) is 5.73 Å². The van der Waals surface area contributed by atoms with Gasteiger partial charge in [0, 0.05) is 6.54 Å². The van der Waals surface area contributed by atoms with Gasteiger partial charge in [-0.05, 0) is 35.9 Å². The topological polar surface area (TPSA) is 53.1 Å². The molecule has 0 saturated carbocycles. The van der Waals surface area contributed by atoms with E-state index in [0.29, 0.717) is 0 Å². The van der Waals surface area contributed by atoms with Crippen LogP contribution in [0.3, 0.4) is 0 Å². The maximum atomic E-state index is 7.45. The van der Waals surface area contributed by atoms with Crippen molar-refractivity contribution in [2.45, 2.75) is 25.9 Å². The summed E-state index contributed by atoms with van der Waals surface area (Å²) in [5, 5.41) is 11.6. The molecule has 0 bridgehead atoms. The molecule has 0 aromatic carbocycles. The van der Waals surface area contributed by atoms with E-state index in [1.807, 2.05) is 7.05 Å². The standard InChI is InChI=1S/C10H17N3S/c1-3-9(10(11)12)13(2)6-8-4-5-14-7-8/h4-5,7,9H,3,6H2,1-2H3,(H3,11,12). The molecule has 1 rings (SSSR count). The van der Waals surface area contributed by atoms with Crippen LogP contribution in [-0.2, 0) is 6.54 Å². The highest BCUT2D eigenvalue weighted by Gasteiger charge is 2.15. The van der Waals surface area contributed by atoms with Crippen LogP contribution in [0.1, 0.15) is 18.9 Å². The average molecular weight is 211 g/mol. The summed E-state index contributed by atoms with van der Waals surface area (Å²) < 4.78 is 0. The van der Waals surface area contributed by atoms with Crippen LogP contribution >= 0.6 is 11.3 Å². The minimum absolute atomic E-state index is 0.0647. The Hall–Kier alpha value is -0.870. The maximum absolute atomic E-state index is 7.45. The van der Waals surface area contributed by atoms with Crippen LogP contribution in [0.25, 0.3) is 0 Å².